The molecule has 7 atom stereocenters. The second kappa shape index (κ2) is 9.74. The van der Waals surface area contributed by atoms with Crippen LogP contribution in [0.15, 0.2) is 35.5 Å². The summed E-state index contributed by atoms with van der Waals surface area (Å²) in [6.45, 7) is 16.3. The SMILES string of the molecule is C=C1/C(=C/C=C2/CCC[C@]3(C)[C@@H]([C@H](C)CC[C@@H](C)C(C)C)CC[C@@H]23)C[C@@H](O)C[C@@H]1O. The Morgan fingerprint density at radius 2 is 1.83 bits per heavy atom. The Labute approximate surface area is 185 Å². The van der Waals surface area contributed by atoms with Gasteiger partial charge in [0.05, 0.1) is 12.2 Å². The maximum absolute atomic E-state index is 10.1. The van der Waals surface area contributed by atoms with Gasteiger partial charge in [-0.1, -0.05) is 71.8 Å². The number of hydrogen-bond donors (Lipinski definition) is 2. The van der Waals surface area contributed by atoms with Crippen molar-refractivity contribution < 1.29 is 10.2 Å². The molecule has 0 amide bonds. The second-order valence-corrected chi connectivity index (χ2v) is 11.4. The molecule has 0 heterocycles. The first kappa shape index (κ1) is 23.8. The van der Waals surface area contributed by atoms with Crippen molar-refractivity contribution in [3.63, 3.8) is 0 Å². The summed E-state index contributed by atoms with van der Waals surface area (Å²) in [4.78, 5) is 0. The lowest BCUT2D eigenvalue weighted by Crippen LogP contribution is -2.36. The van der Waals surface area contributed by atoms with Gasteiger partial charge in [-0.3, -0.25) is 0 Å². The van der Waals surface area contributed by atoms with Crippen LogP contribution in [-0.4, -0.2) is 22.4 Å². The standard InChI is InChI=1S/C28H46O2/c1-18(2)19(3)9-10-20(4)25-13-14-26-22(8-7-15-28(25,26)6)11-12-23-16-24(29)17-27(30)21(23)5/h11-12,18-20,24-27,29-30H,5,7-10,13-17H2,1-4,6H3/b22-11-,23-12+/t19-,20-,24-,25-,26+,27+,28-/m1/s1. The van der Waals surface area contributed by atoms with Crippen molar-refractivity contribution in [2.75, 3.05) is 0 Å². The van der Waals surface area contributed by atoms with Gasteiger partial charge in [0.1, 0.15) is 0 Å². The van der Waals surface area contributed by atoms with Crippen molar-refractivity contribution in [2.24, 2.45) is 35.0 Å². The summed E-state index contributed by atoms with van der Waals surface area (Å²) in [5.74, 6) is 3.95. The fourth-order valence-corrected chi connectivity index (χ4v) is 6.74. The zero-order chi connectivity index (χ0) is 22.1. The topological polar surface area (TPSA) is 40.5 Å². The van der Waals surface area contributed by atoms with Gasteiger partial charge < -0.3 is 10.2 Å². The smallest absolute Gasteiger partial charge is 0.0811 e. The fraction of sp³-hybridized carbons (Fsp3) is 0.786. The Morgan fingerprint density at radius 3 is 2.53 bits per heavy atom. The Kier molecular flexibility index (Phi) is 7.72. The molecular formula is C28H46O2. The van der Waals surface area contributed by atoms with Crippen LogP contribution in [0.2, 0.25) is 0 Å². The van der Waals surface area contributed by atoms with E-state index in [1.165, 1.54) is 44.9 Å². The summed E-state index contributed by atoms with van der Waals surface area (Å²) >= 11 is 0. The average molecular weight is 415 g/mol. The summed E-state index contributed by atoms with van der Waals surface area (Å²) in [5, 5.41) is 20.2. The van der Waals surface area contributed by atoms with Gasteiger partial charge >= 0.3 is 0 Å². The lowest BCUT2D eigenvalue weighted by molar-refractivity contribution is 0.0861. The van der Waals surface area contributed by atoms with Gasteiger partial charge in [0, 0.05) is 6.42 Å². The lowest BCUT2D eigenvalue weighted by Gasteiger charge is -2.44. The van der Waals surface area contributed by atoms with Crippen molar-refractivity contribution in [1.82, 2.24) is 0 Å². The van der Waals surface area contributed by atoms with Crippen LogP contribution in [0, 0.1) is 35.0 Å². The van der Waals surface area contributed by atoms with E-state index < -0.39 is 12.2 Å². The average Bonchev–Trinajstić information content (AvgIpc) is 3.04. The third-order valence-corrected chi connectivity index (χ3v) is 9.20. The predicted molar refractivity (Wildman–Crippen MR) is 127 cm³/mol. The van der Waals surface area contributed by atoms with Gasteiger partial charge in [-0.25, -0.2) is 0 Å². The van der Waals surface area contributed by atoms with Gasteiger partial charge in [0.2, 0.25) is 0 Å². The van der Waals surface area contributed by atoms with Crippen LogP contribution in [0.5, 0.6) is 0 Å². The highest BCUT2D eigenvalue weighted by atomic mass is 16.3. The first-order chi connectivity index (χ1) is 14.1. The molecule has 2 N–H and O–H groups in total. The van der Waals surface area contributed by atoms with Gasteiger partial charge in [0.15, 0.2) is 0 Å². The maximum Gasteiger partial charge on any atom is 0.0811 e. The molecule has 0 aliphatic heterocycles. The van der Waals surface area contributed by atoms with E-state index in [1.807, 2.05) is 0 Å². The van der Waals surface area contributed by atoms with Crippen LogP contribution in [0.1, 0.15) is 92.4 Å². The summed E-state index contributed by atoms with van der Waals surface area (Å²) in [7, 11) is 0. The molecule has 0 radical (unpaired) electrons. The van der Waals surface area contributed by atoms with E-state index in [4.69, 9.17) is 0 Å². The molecule has 0 aromatic carbocycles. The Balaban J connectivity index is 1.72. The van der Waals surface area contributed by atoms with Crippen LogP contribution in [0.3, 0.4) is 0 Å². The van der Waals surface area contributed by atoms with E-state index in [1.54, 1.807) is 5.57 Å². The van der Waals surface area contributed by atoms with E-state index >= 15 is 0 Å². The number of allylic oxidation sites excluding steroid dienone is 3. The van der Waals surface area contributed by atoms with Crippen LogP contribution in [-0.2, 0) is 0 Å². The predicted octanol–water partition coefficient (Wildman–Crippen LogP) is 6.84. The molecule has 0 saturated heterocycles. The van der Waals surface area contributed by atoms with Crippen molar-refractivity contribution >= 4 is 0 Å². The number of hydrogen-bond acceptors (Lipinski definition) is 2. The largest absolute Gasteiger partial charge is 0.393 e. The van der Waals surface area contributed by atoms with Crippen molar-refractivity contribution in [3.8, 4) is 0 Å². The van der Waals surface area contributed by atoms with Crippen molar-refractivity contribution in [3.05, 3.63) is 35.5 Å². The summed E-state index contributed by atoms with van der Waals surface area (Å²) in [5.41, 5.74) is 3.87. The lowest BCUT2D eigenvalue weighted by atomic mass is 9.60. The van der Waals surface area contributed by atoms with E-state index in [-0.39, 0.29) is 0 Å². The second-order valence-electron chi connectivity index (χ2n) is 11.4. The quantitative estimate of drug-likeness (QED) is 0.500. The minimum absolute atomic E-state index is 0.419. The van der Waals surface area contributed by atoms with E-state index in [0.717, 1.165) is 34.8 Å². The highest BCUT2D eigenvalue weighted by molar-refractivity contribution is 5.38. The first-order valence-electron chi connectivity index (χ1n) is 12.6. The van der Waals surface area contributed by atoms with Crippen LogP contribution >= 0.6 is 0 Å². The molecule has 3 aliphatic rings. The molecule has 3 rings (SSSR count). The Bertz CT molecular complexity index is 672. The minimum atomic E-state index is -0.597. The van der Waals surface area contributed by atoms with Gasteiger partial charge in [-0.2, -0.15) is 0 Å². The number of aliphatic hydroxyl groups excluding tert-OH is 2. The molecule has 0 spiro atoms. The number of rotatable bonds is 6. The Morgan fingerprint density at radius 1 is 1.10 bits per heavy atom. The van der Waals surface area contributed by atoms with Gasteiger partial charge in [-0.15, -0.1) is 0 Å². The highest BCUT2D eigenvalue weighted by Crippen LogP contribution is 2.60. The van der Waals surface area contributed by atoms with Crippen LogP contribution in [0.25, 0.3) is 0 Å². The normalized spacial score (nSPS) is 39.5. The molecule has 3 fully saturated rings. The number of aliphatic hydroxyl groups is 2. The van der Waals surface area contributed by atoms with Gasteiger partial charge in [0.25, 0.3) is 0 Å². The fourth-order valence-electron chi connectivity index (χ4n) is 6.74. The molecule has 0 bridgehead atoms. The first-order valence-corrected chi connectivity index (χ1v) is 12.6. The minimum Gasteiger partial charge on any atom is -0.393 e. The molecule has 3 saturated carbocycles. The molecular weight excluding hydrogens is 368 g/mol. The molecule has 30 heavy (non-hydrogen) atoms. The monoisotopic (exact) mass is 414 g/mol. The van der Waals surface area contributed by atoms with E-state index in [9.17, 15) is 10.2 Å². The third kappa shape index (κ3) is 4.96. The van der Waals surface area contributed by atoms with Crippen molar-refractivity contribution in [2.45, 2.75) is 105 Å². The zero-order valence-corrected chi connectivity index (χ0v) is 20.2. The molecule has 0 aromatic rings. The molecule has 3 aliphatic carbocycles. The summed E-state index contributed by atoms with van der Waals surface area (Å²) in [6.07, 6.45) is 13.8. The zero-order valence-electron chi connectivity index (χ0n) is 20.2. The van der Waals surface area contributed by atoms with Gasteiger partial charge in [-0.05, 0) is 84.7 Å². The molecule has 2 heteroatoms. The third-order valence-electron chi connectivity index (χ3n) is 9.20. The molecule has 0 unspecified atom stereocenters. The van der Waals surface area contributed by atoms with E-state index in [2.05, 4.69) is 53.3 Å². The molecule has 170 valence electrons. The van der Waals surface area contributed by atoms with Crippen LogP contribution in [0.4, 0.5) is 0 Å². The molecule has 2 nitrogen and oxygen atoms in total. The maximum atomic E-state index is 10.1. The highest BCUT2D eigenvalue weighted by Gasteiger charge is 2.50. The molecule has 0 aromatic heterocycles. The number of fused-ring (bicyclic) bond motifs is 1. The summed E-state index contributed by atoms with van der Waals surface area (Å²) < 4.78 is 0. The Hall–Kier alpha value is -0.860. The van der Waals surface area contributed by atoms with Crippen LogP contribution < -0.4 is 0 Å². The van der Waals surface area contributed by atoms with Crippen molar-refractivity contribution in [1.29, 1.82) is 0 Å². The summed E-state index contributed by atoms with van der Waals surface area (Å²) in [6, 6.07) is 0. The van der Waals surface area contributed by atoms with E-state index in [0.29, 0.717) is 24.2 Å².